The summed E-state index contributed by atoms with van der Waals surface area (Å²) in [5.41, 5.74) is 4.22. The van der Waals surface area contributed by atoms with Crippen molar-refractivity contribution in [3.63, 3.8) is 0 Å². The van der Waals surface area contributed by atoms with Crippen molar-refractivity contribution in [3.8, 4) is 0 Å². The molecule has 1 heterocycles. The molecule has 0 fully saturated rings. The van der Waals surface area contributed by atoms with Crippen LogP contribution in [0, 0.1) is 0 Å². The summed E-state index contributed by atoms with van der Waals surface area (Å²) < 4.78 is 9.19. The highest BCUT2D eigenvalue weighted by Crippen LogP contribution is 2.26. The number of nitrogens with two attached hydrogens (primary N) is 1. The second-order valence-corrected chi connectivity index (χ2v) is 5.41. The average Bonchev–Trinajstić information content (AvgIpc) is 2.61. The van der Waals surface area contributed by atoms with Crippen molar-refractivity contribution in [1.82, 2.24) is 9.97 Å². The molecule has 0 amide bonds. The van der Waals surface area contributed by atoms with E-state index in [2.05, 4.69) is 19.4 Å². The van der Waals surface area contributed by atoms with E-state index in [4.69, 9.17) is 28.9 Å². The highest BCUT2D eigenvalue weighted by atomic mass is 35.5. The van der Waals surface area contributed by atoms with Crippen LogP contribution in [-0.2, 0) is 9.47 Å². The van der Waals surface area contributed by atoms with Crippen LogP contribution in [-0.4, -0.2) is 41.9 Å². The molecule has 2 N–H and O–H groups in total. The molecule has 0 aliphatic carbocycles. The van der Waals surface area contributed by atoms with Crippen molar-refractivity contribution < 1.29 is 23.9 Å². The normalized spacial score (nSPS) is 10.2. The molecule has 0 saturated carbocycles. The summed E-state index contributed by atoms with van der Waals surface area (Å²) in [6, 6.07) is 4.05. The van der Waals surface area contributed by atoms with Gasteiger partial charge in [-0.1, -0.05) is 23.2 Å². The van der Waals surface area contributed by atoms with Crippen molar-refractivity contribution in [1.29, 1.82) is 0 Å². The number of ketones is 1. The van der Waals surface area contributed by atoms with Gasteiger partial charge in [0.15, 0.2) is 17.2 Å². The van der Waals surface area contributed by atoms with Crippen LogP contribution in [0.25, 0.3) is 0 Å². The lowest BCUT2D eigenvalue weighted by Crippen LogP contribution is -2.22. The molecule has 0 aliphatic rings. The highest BCUT2D eigenvalue weighted by Gasteiger charge is 2.30. The Morgan fingerprint density at radius 2 is 1.48 bits per heavy atom. The number of rotatable bonds is 4. The summed E-state index contributed by atoms with van der Waals surface area (Å²) in [4.78, 5) is 44.3. The number of anilines is 1. The third-order valence-corrected chi connectivity index (χ3v) is 3.83. The number of hydrogen-bond acceptors (Lipinski definition) is 8. The van der Waals surface area contributed by atoms with Gasteiger partial charge in [-0.15, -0.1) is 0 Å². The summed E-state index contributed by atoms with van der Waals surface area (Å²) in [6.07, 6.45) is 0. The number of nitrogens with zero attached hydrogens (tertiary/aromatic N) is 2. The van der Waals surface area contributed by atoms with E-state index in [1.807, 2.05) is 0 Å². The molecule has 1 aromatic heterocycles. The number of methoxy groups -OCH3 is 2. The topological polar surface area (TPSA) is 121 Å². The molecule has 25 heavy (non-hydrogen) atoms. The zero-order valence-corrected chi connectivity index (χ0v) is 14.5. The maximum absolute atomic E-state index is 12.9. The largest absolute Gasteiger partial charge is 0.464 e. The van der Waals surface area contributed by atoms with Gasteiger partial charge in [0.2, 0.25) is 5.95 Å². The lowest BCUT2D eigenvalue weighted by Gasteiger charge is -2.11. The van der Waals surface area contributed by atoms with Crippen LogP contribution in [0.15, 0.2) is 18.2 Å². The third kappa shape index (κ3) is 3.70. The Labute approximate surface area is 151 Å². The summed E-state index contributed by atoms with van der Waals surface area (Å²) >= 11 is 11.7. The number of ether oxygens (including phenoxy) is 2. The molecule has 0 radical (unpaired) electrons. The van der Waals surface area contributed by atoms with Crippen LogP contribution in [0.5, 0.6) is 0 Å². The molecule has 0 aliphatic heterocycles. The van der Waals surface area contributed by atoms with Crippen LogP contribution >= 0.6 is 23.2 Å². The predicted octanol–water partition coefficient (Wildman–Crippen LogP) is 2.17. The maximum Gasteiger partial charge on any atom is 0.357 e. The van der Waals surface area contributed by atoms with E-state index < -0.39 is 40.6 Å². The van der Waals surface area contributed by atoms with Crippen molar-refractivity contribution in [2.45, 2.75) is 0 Å². The molecule has 0 unspecified atom stereocenters. The van der Waals surface area contributed by atoms with Gasteiger partial charge < -0.3 is 15.2 Å². The Morgan fingerprint density at radius 3 is 1.92 bits per heavy atom. The van der Waals surface area contributed by atoms with Crippen LogP contribution in [0.4, 0.5) is 5.95 Å². The molecule has 10 heteroatoms. The molecular formula is C15H11Cl2N3O5. The lowest BCUT2D eigenvalue weighted by atomic mass is 9.99. The quantitative estimate of drug-likeness (QED) is 0.629. The van der Waals surface area contributed by atoms with Gasteiger partial charge in [0.05, 0.1) is 29.8 Å². The summed E-state index contributed by atoms with van der Waals surface area (Å²) in [5.74, 6) is -3.09. The lowest BCUT2D eigenvalue weighted by molar-refractivity contribution is 0.0583. The molecule has 8 nitrogen and oxygen atoms in total. The molecular weight excluding hydrogens is 373 g/mol. The SMILES string of the molecule is COC(=O)c1nc(N)nc(C(=O)OC)c1C(=O)c1ccc(Cl)c(Cl)c1. The fraction of sp³-hybridized carbons (Fsp3) is 0.133. The van der Waals surface area contributed by atoms with E-state index in [-0.39, 0.29) is 15.6 Å². The van der Waals surface area contributed by atoms with Gasteiger partial charge in [-0.2, -0.15) is 0 Å². The Hall–Kier alpha value is -2.71. The van der Waals surface area contributed by atoms with Crippen LogP contribution in [0.2, 0.25) is 10.0 Å². The Kier molecular flexibility index (Phi) is 5.55. The minimum Gasteiger partial charge on any atom is -0.464 e. The van der Waals surface area contributed by atoms with Gasteiger partial charge in [-0.25, -0.2) is 19.6 Å². The van der Waals surface area contributed by atoms with Gasteiger partial charge in [0.1, 0.15) is 0 Å². The molecule has 1 aromatic carbocycles. The van der Waals surface area contributed by atoms with Crippen LogP contribution < -0.4 is 5.73 Å². The summed E-state index contributed by atoms with van der Waals surface area (Å²) in [7, 11) is 2.18. The van der Waals surface area contributed by atoms with Crippen LogP contribution in [0.1, 0.15) is 36.9 Å². The van der Waals surface area contributed by atoms with E-state index in [0.717, 1.165) is 14.2 Å². The highest BCUT2D eigenvalue weighted by molar-refractivity contribution is 6.42. The van der Waals surface area contributed by atoms with E-state index in [1.54, 1.807) is 0 Å². The summed E-state index contributed by atoms with van der Waals surface area (Å²) in [6.45, 7) is 0. The van der Waals surface area contributed by atoms with Crippen molar-refractivity contribution >= 4 is 46.9 Å². The van der Waals surface area contributed by atoms with Crippen molar-refractivity contribution in [2.75, 3.05) is 20.0 Å². The monoisotopic (exact) mass is 383 g/mol. The Morgan fingerprint density at radius 1 is 0.960 bits per heavy atom. The zero-order valence-electron chi connectivity index (χ0n) is 13.0. The van der Waals surface area contributed by atoms with Gasteiger partial charge >= 0.3 is 11.9 Å². The molecule has 0 atom stereocenters. The number of hydrogen-bond donors (Lipinski definition) is 1. The van der Waals surface area contributed by atoms with Gasteiger partial charge in [0.25, 0.3) is 0 Å². The molecule has 2 rings (SSSR count). The number of carbonyl (C=O) groups excluding carboxylic acids is 3. The first-order chi connectivity index (χ1) is 11.8. The van der Waals surface area contributed by atoms with E-state index in [1.165, 1.54) is 18.2 Å². The maximum atomic E-state index is 12.9. The zero-order chi connectivity index (χ0) is 18.7. The smallest absolute Gasteiger partial charge is 0.357 e. The van der Waals surface area contributed by atoms with E-state index >= 15 is 0 Å². The fourth-order valence-electron chi connectivity index (χ4n) is 1.96. The second kappa shape index (κ2) is 7.45. The minimum atomic E-state index is -0.970. The third-order valence-electron chi connectivity index (χ3n) is 3.09. The molecule has 0 spiro atoms. The number of esters is 2. The van der Waals surface area contributed by atoms with Crippen LogP contribution in [0.3, 0.4) is 0 Å². The minimum absolute atomic E-state index is 0.0538. The number of aromatic nitrogens is 2. The standard InChI is InChI=1S/C15H11Cl2N3O5/c1-24-13(22)10-9(11(14(23)25-2)20-15(18)19-10)12(21)6-3-4-7(16)8(17)5-6/h3-5H,1-2H3,(H2,18,19,20). The Bertz CT molecular complexity index is 848. The predicted molar refractivity (Wildman–Crippen MR) is 89.0 cm³/mol. The first-order valence-electron chi connectivity index (χ1n) is 6.64. The molecule has 2 aromatic rings. The summed E-state index contributed by atoms with van der Waals surface area (Å²) in [5, 5.41) is 0.344. The van der Waals surface area contributed by atoms with Crippen molar-refractivity contribution in [2.24, 2.45) is 0 Å². The number of benzene rings is 1. The second-order valence-electron chi connectivity index (χ2n) is 4.60. The molecule has 0 bridgehead atoms. The first kappa shape index (κ1) is 18.6. The van der Waals surface area contributed by atoms with E-state index in [0.29, 0.717) is 0 Å². The number of nitrogen functional groups attached to an aromatic ring is 1. The van der Waals surface area contributed by atoms with Crippen molar-refractivity contribution in [3.05, 3.63) is 50.8 Å². The van der Waals surface area contributed by atoms with Gasteiger partial charge in [-0.05, 0) is 18.2 Å². The molecule has 0 saturated heterocycles. The van der Waals surface area contributed by atoms with Gasteiger partial charge in [-0.3, -0.25) is 4.79 Å². The number of carbonyl (C=O) groups is 3. The van der Waals surface area contributed by atoms with E-state index in [9.17, 15) is 14.4 Å². The Balaban J connectivity index is 2.75. The number of halogens is 2. The first-order valence-corrected chi connectivity index (χ1v) is 7.39. The van der Waals surface area contributed by atoms with Gasteiger partial charge in [0, 0.05) is 5.56 Å². The molecule has 130 valence electrons. The fourth-order valence-corrected chi connectivity index (χ4v) is 2.26. The average molecular weight is 384 g/mol.